The summed E-state index contributed by atoms with van der Waals surface area (Å²) >= 11 is 0. The van der Waals surface area contributed by atoms with Crippen molar-refractivity contribution in [2.45, 2.75) is 51.2 Å². The number of amides is 3. The summed E-state index contributed by atoms with van der Waals surface area (Å²) in [6, 6.07) is 4.99. The molecule has 8 heteroatoms. The van der Waals surface area contributed by atoms with Gasteiger partial charge in [0.2, 0.25) is 11.8 Å². The Bertz CT molecular complexity index is 872. The van der Waals surface area contributed by atoms with Crippen LogP contribution in [0.5, 0.6) is 5.75 Å². The minimum atomic E-state index is -0.632. The zero-order valence-electron chi connectivity index (χ0n) is 18.3. The molecule has 1 aromatic rings. The lowest BCUT2D eigenvalue weighted by Gasteiger charge is -2.41. The first-order valence-corrected chi connectivity index (χ1v) is 11.1. The molecule has 0 saturated carbocycles. The van der Waals surface area contributed by atoms with E-state index in [9.17, 15) is 14.4 Å². The average molecular weight is 430 g/mol. The number of nitrogens with two attached hydrogens (primary N) is 1. The molecular formula is C23H31N3O5. The third kappa shape index (κ3) is 4.26. The van der Waals surface area contributed by atoms with E-state index in [1.54, 1.807) is 16.7 Å². The number of hydrogen-bond acceptors (Lipinski definition) is 5. The number of rotatable bonds is 3. The van der Waals surface area contributed by atoms with Crippen LogP contribution in [-0.2, 0) is 14.3 Å². The molecular weight excluding hydrogens is 398 g/mol. The smallest absolute Gasteiger partial charge is 0.258 e. The maximum atomic E-state index is 13.6. The number of nitrogens with zero attached hydrogens (tertiary/aromatic N) is 2. The van der Waals surface area contributed by atoms with Crippen molar-refractivity contribution in [1.82, 2.24) is 9.80 Å². The van der Waals surface area contributed by atoms with Crippen LogP contribution in [0.3, 0.4) is 0 Å². The molecule has 1 aromatic carbocycles. The molecule has 2 N–H and O–H groups in total. The topological polar surface area (TPSA) is 102 Å². The second-order valence-electron chi connectivity index (χ2n) is 9.01. The Morgan fingerprint density at radius 3 is 2.52 bits per heavy atom. The van der Waals surface area contributed by atoms with Gasteiger partial charge in [-0.05, 0) is 38.8 Å². The average Bonchev–Trinajstić information content (AvgIpc) is 2.88. The van der Waals surface area contributed by atoms with Crippen molar-refractivity contribution in [3.63, 3.8) is 0 Å². The third-order valence-electron chi connectivity index (χ3n) is 6.85. The number of hydrogen-bond donors (Lipinski definition) is 1. The van der Waals surface area contributed by atoms with E-state index in [0.717, 1.165) is 5.56 Å². The van der Waals surface area contributed by atoms with E-state index in [1.807, 2.05) is 25.1 Å². The highest BCUT2D eigenvalue weighted by molar-refractivity contribution is 6.00. The first-order chi connectivity index (χ1) is 14.8. The summed E-state index contributed by atoms with van der Waals surface area (Å²) < 4.78 is 12.0. The van der Waals surface area contributed by atoms with Gasteiger partial charge in [0.1, 0.15) is 17.4 Å². The molecule has 2 fully saturated rings. The molecule has 0 aromatic heterocycles. The number of fused-ring (bicyclic) bond motifs is 1. The van der Waals surface area contributed by atoms with Crippen LogP contribution in [0.2, 0.25) is 0 Å². The predicted molar refractivity (Wildman–Crippen MR) is 114 cm³/mol. The molecule has 31 heavy (non-hydrogen) atoms. The molecule has 3 aliphatic rings. The largest absolute Gasteiger partial charge is 0.484 e. The number of likely N-dealkylation sites (tertiary alicyclic amines) is 1. The third-order valence-corrected chi connectivity index (χ3v) is 6.85. The molecule has 1 atom stereocenters. The Labute approximate surface area is 182 Å². The Kier molecular flexibility index (Phi) is 5.92. The lowest BCUT2D eigenvalue weighted by atomic mass is 9.92. The summed E-state index contributed by atoms with van der Waals surface area (Å²) in [6.07, 6.45) is 2.45. The van der Waals surface area contributed by atoms with Crippen LogP contribution in [0, 0.1) is 12.8 Å². The van der Waals surface area contributed by atoms with E-state index in [0.29, 0.717) is 69.8 Å². The normalized spacial score (nSPS) is 22.5. The van der Waals surface area contributed by atoms with Gasteiger partial charge in [-0.2, -0.15) is 0 Å². The first-order valence-electron chi connectivity index (χ1n) is 11.1. The van der Waals surface area contributed by atoms with Gasteiger partial charge < -0.3 is 25.0 Å². The standard InChI is InChI=1S/C23H31N3O5/c1-15-3-4-19-18(13-15)22(29)26(14-23(31-19)7-11-30-12-8-23)16(2)21(28)25-9-5-17(6-10-25)20(24)27/h3-4,13,16-17H,5-12,14H2,1-2H3,(H2,24,27). The molecule has 3 heterocycles. The number of piperidine rings is 1. The van der Waals surface area contributed by atoms with Crippen molar-refractivity contribution >= 4 is 17.7 Å². The highest BCUT2D eigenvalue weighted by atomic mass is 16.5. The van der Waals surface area contributed by atoms with Gasteiger partial charge in [0.15, 0.2) is 0 Å². The second kappa shape index (κ2) is 8.49. The number of ether oxygens (including phenoxy) is 2. The Morgan fingerprint density at radius 2 is 1.87 bits per heavy atom. The zero-order chi connectivity index (χ0) is 22.2. The van der Waals surface area contributed by atoms with Crippen molar-refractivity contribution in [3.8, 4) is 5.75 Å². The van der Waals surface area contributed by atoms with E-state index < -0.39 is 11.6 Å². The predicted octanol–water partition coefficient (Wildman–Crippen LogP) is 1.49. The van der Waals surface area contributed by atoms with Crippen LogP contribution in [0.25, 0.3) is 0 Å². The molecule has 168 valence electrons. The van der Waals surface area contributed by atoms with Gasteiger partial charge in [0, 0.05) is 31.8 Å². The van der Waals surface area contributed by atoms with Crippen LogP contribution in [0.1, 0.15) is 48.5 Å². The van der Waals surface area contributed by atoms with Gasteiger partial charge in [0.25, 0.3) is 5.91 Å². The number of aryl methyl sites for hydroxylation is 1. The summed E-state index contributed by atoms with van der Waals surface area (Å²) in [5.74, 6) is -0.215. The lowest BCUT2D eigenvalue weighted by molar-refractivity contribution is -0.139. The van der Waals surface area contributed by atoms with E-state index in [2.05, 4.69) is 0 Å². The molecule has 3 amide bonds. The van der Waals surface area contributed by atoms with Gasteiger partial charge in [-0.25, -0.2) is 0 Å². The van der Waals surface area contributed by atoms with Gasteiger partial charge >= 0.3 is 0 Å². The Balaban J connectivity index is 1.60. The summed E-state index contributed by atoms with van der Waals surface area (Å²) in [5.41, 5.74) is 6.31. The summed E-state index contributed by atoms with van der Waals surface area (Å²) in [6.45, 7) is 6.14. The van der Waals surface area contributed by atoms with Gasteiger partial charge in [-0.15, -0.1) is 0 Å². The molecule has 0 bridgehead atoms. The fourth-order valence-corrected chi connectivity index (χ4v) is 4.80. The highest BCUT2D eigenvalue weighted by Crippen LogP contribution is 2.36. The van der Waals surface area contributed by atoms with E-state index >= 15 is 0 Å². The first kappa shape index (κ1) is 21.6. The molecule has 4 rings (SSSR count). The van der Waals surface area contributed by atoms with Gasteiger partial charge in [-0.3, -0.25) is 14.4 Å². The van der Waals surface area contributed by atoms with Crippen LogP contribution in [0.15, 0.2) is 18.2 Å². The summed E-state index contributed by atoms with van der Waals surface area (Å²) in [7, 11) is 0. The Hall–Kier alpha value is -2.61. The van der Waals surface area contributed by atoms with E-state index in [1.165, 1.54) is 0 Å². The SMILES string of the molecule is Cc1ccc2c(c1)C(=O)N(C(C)C(=O)N1CCC(C(N)=O)CC1)CC1(CCOCC1)O2. The van der Waals surface area contributed by atoms with Crippen molar-refractivity contribution in [2.24, 2.45) is 11.7 Å². The maximum absolute atomic E-state index is 13.6. The Morgan fingerprint density at radius 1 is 1.19 bits per heavy atom. The summed E-state index contributed by atoms with van der Waals surface area (Å²) in [5, 5.41) is 0. The van der Waals surface area contributed by atoms with Crippen LogP contribution in [-0.4, -0.2) is 72.0 Å². The van der Waals surface area contributed by atoms with Gasteiger partial charge in [0.05, 0.1) is 25.3 Å². The second-order valence-corrected chi connectivity index (χ2v) is 9.01. The monoisotopic (exact) mass is 429 g/mol. The molecule has 0 radical (unpaired) electrons. The number of carbonyl (C=O) groups is 3. The van der Waals surface area contributed by atoms with Crippen molar-refractivity contribution in [1.29, 1.82) is 0 Å². The molecule has 3 aliphatic heterocycles. The minimum absolute atomic E-state index is 0.102. The van der Waals surface area contributed by atoms with Crippen LogP contribution >= 0.6 is 0 Å². The lowest BCUT2D eigenvalue weighted by Crippen LogP contribution is -2.57. The maximum Gasteiger partial charge on any atom is 0.258 e. The van der Waals surface area contributed by atoms with E-state index in [4.69, 9.17) is 15.2 Å². The number of carbonyl (C=O) groups excluding carboxylic acids is 3. The van der Waals surface area contributed by atoms with Gasteiger partial charge in [-0.1, -0.05) is 11.6 Å². The number of primary amides is 1. The van der Waals surface area contributed by atoms with Crippen LogP contribution < -0.4 is 10.5 Å². The fraction of sp³-hybridized carbons (Fsp3) is 0.609. The van der Waals surface area contributed by atoms with Crippen LogP contribution in [0.4, 0.5) is 0 Å². The highest BCUT2D eigenvalue weighted by Gasteiger charge is 2.45. The zero-order valence-corrected chi connectivity index (χ0v) is 18.3. The molecule has 0 aliphatic carbocycles. The number of benzene rings is 1. The quantitative estimate of drug-likeness (QED) is 0.784. The van der Waals surface area contributed by atoms with Crippen molar-refractivity contribution in [3.05, 3.63) is 29.3 Å². The molecule has 8 nitrogen and oxygen atoms in total. The van der Waals surface area contributed by atoms with E-state index in [-0.39, 0.29) is 23.6 Å². The fourth-order valence-electron chi connectivity index (χ4n) is 4.80. The molecule has 1 spiro atoms. The summed E-state index contributed by atoms with van der Waals surface area (Å²) in [4.78, 5) is 41.8. The van der Waals surface area contributed by atoms with Crippen molar-refractivity contribution in [2.75, 3.05) is 32.8 Å². The van der Waals surface area contributed by atoms with Crippen molar-refractivity contribution < 1.29 is 23.9 Å². The molecule has 2 saturated heterocycles. The minimum Gasteiger partial charge on any atom is -0.484 e. The molecule has 1 unspecified atom stereocenters.